The van der Waals surface area contributed by atoms with E-state index in [-0.39, 0.29) is 17.6 Å². The van der Waals surface area contributed by atoms with Crippen molar-refractivity contribution in [3.05, 3.63) is 88.0 Å². The zero-order chi connectivity index (χ0) is 20.1. The first-order valence-corrected chi connectivity index (χ1v) is 10.5. The van der Waals surface area contributed by atoms with Crippen LogP contribution in [0.1, 0.15) is 53.9 Å². The molecule has 1 fully saturated rings. The first-order chi connectivity index (χ1) is 14.1. The Morgan fingerprint density at radius 1 is 1.03 bits per heavy atom. The number of allylic oxidation sites excluding steroid dienone is 2. The number of amides is 1. The third-order valence-electron chi connectivity index (χ3n) is 6.58. The molecule has 2 aliphatic carbocycles. The summed E-state index contributed by atoms with van der Waals surface area (Å²) < 4.78 is 0. The number of aryl methyl sites for hydroxylation is 1. The molecule has 3 heteroatoms. The summed E-state index contributed by atoms with van der Waals surface area (Å²) in [5.41, 5.74) is 6.72. The molecule has 3 aliphatic rings. The maximum Gasteiger partial charge on any atom is 0.254 e. The molecule has 2 aromatic carbocycles. The van der Waals surface area contributed by atoms with E-state index in [0.29, 0.717) is 5.57 Å². The zero-order valence-corrected chi connectivity index (χ0v) is 16.9. The van der Waals surface area contributed by atoms with Crippen molar-refractivity contribution in [3.8, 4) is 0 Å². The Morgan fingerprint density at radius 2 is 1.76 bits per heavy atom. The smallest absolute Gasteiger partial charge is 0.254 e. The van der Waals surface area contributed by atoms with Crippen molar-refractivity contribution in [2.24, 2.45) is 0 Å². The van der Waals surface area contributed by atoms with Crippen LogP contribution in [0.4, 0.5) is 0 Å². The Bertz CT molecular complexity index is 1070. The average Bonchev–Trinajstić information content (AvgIpc) is 3.36. The standard InChI is InChI=1S/C26H25NO2/c1-16-10-11-19-17(2)23-24(21(19)14-16)22(26(29)27-12-6-7-13-27)15-20(25(23)28)18-8-4-3-5-9-18/h3-5,8-11,14-15,17,20H,6-7,12-13H2,1-2H3. The third-order valence-corrected chi connectivity index (χ3v) is 6.58. The van der Waals surface area contributed by atoms with Crippen molar-refractivity contribution in [1.29, 1.82) is 0 Å². The second kappa shape index (κ2) is 6.84. The van der Waals surface area contributed by atoms with Gasteiger partial charge in [-0.2, -0.15) is 0 Å². The molecule has 0 aromatic heterocycles. The molecule has 0 spiro atoms. The monoisotopic (exact) mass is 383 g/mol. The topological polar surface area (TPSA) is 37.4 Å². The molecule has 5 rings (SSSR count). The van der Waals surface area contributed by atoms with E-state index in [1.54, 1.807) is 0 Å². The highest BCUT2D eigenvalue weighted by atomic mass is 16.2. The van der Waals surface area contributed by atoms with E-state index >= 15 is 0 Å². The van der Waals surface area contributed by atoms with Gasteiger partial charge in [-0.05, 0) is 36.5 Å². The van der Waals surface area contributed by atoms with Crippen LogP contribution in [0.25, 0.3) is 5.57 Å². The van der Waals surface area contributed by atoms with Gasteiger partial charge in [0.15, 0.2) is 5.78 Å². The highest BCUT2D eigenvalue weighted by molar-refractivity contribution is 6.23. The number of carbonyl (C=O) groups is 2. The summed E-state index contributed by atoms with van der Waals surface area (Å²) in [5, 5.41) is 0. The number of hydrogen-bond acceptors (Lipinski definition) is 2. The molecule has 146 valence electrons. The lowest BCUT2D eigenvalue weighted by Gasteiger charge is -2.26. The summed E-state index contributed by atoms with van der Waals surface area (Å²) in [6, 6.07) is 16.2. The van der Waals surface area contributed by atoms with Crippen LogP contribution in [0.3, 0.4) is 0 Å². The van der Waals surface area contributed by atoms with Crippen molar-refractivity contribution in [2.45, 2.75) is 38.5 Å². The number of rotatable bonds is 2. The van der Waals surface area contributed by atoms with Crippen molar-refractivity contribution in [1.82, 2.24) is 4.90 Å². The van der Waals surface area contributed by atoms with E-state index in [2.05, 4.69) is 32.0 Å². The van der Waals surface area contributed by atoms with Gasteiger partial charge in [0, 0.05) is 35.7 Å². The first-order valence-electron chi connectivity index (χ1n) is 10.5. The third kappa shape index (κ3) is 2.79. The molecule has 0 N–H and O–H groups in total. The van der Waals surface area contributed by atoms with E-state index < -0.39 is 5.92 Å². The number of hydrogen-bond donors (Lipinski definition) is 0. The minimum absolute atomic E-state index is 0.00869. The van der Waals surface area contributed by atoms with Crippen LogP contribution < -0.4 is 0 Å². The van der Waals surface area contributed by atoms with Crippen LogP contribution in [-0.2, 0) is 9.59 Å². The lowest BCUT2D eigenvalue weighted by Crippen LogP contribution is -2.32. The number of likely N-dealkylation sites (tertiary alicyclic amines) is 1. The fourth-order valence-corrected chi connectivity index (χ4v) is 5.08. The molecule has 2 atom stereocenters. The summed E-state index contributed by atoms with van der Waals surface area (Å²) in [4.78, 5) is 29.1. The Kier molecular flexibility index (Phi) is 4.27. The summed E-state index contributed by atoms with van der Waals surface area (Å²) in [7, 11) is 0. The van der Waals surface area contributed by atoms with E-state index in [4.69, 9.17) is 0 Å². The molecular formula is C26H25NO2. The van der Waals surface area contributed by atoms with Crippen LogP contribution in [0.2, 0.25) is 0 Å². The molecule has 0 radical (unpaired) electrons. The second-order valence-electron chi connectivity index (χ2n) is 8.43. The normalized spacial score (nSPS) is 23.2. The lowest BCUT2D eigenvalue weighted by molar-refractivity contribution is -0.125. The zero-order valence-electron chi connectivity index (χ0n) is 16.9. The predicted molar refractivity (Wildman–Crippen MR) is 115 cm³/mol. The van der Waals surface area contributed by atoms with Crippen LogP contribution in [0, 0.1) is 6.92 Å². The molecule has 3 nitrogen and oxygen atoms in total. The van der Waals surface area contributed by atoms with Crippen molar-refractivity contribution >= 4 is 17.3 Å². The summed E-state index contributed by atoms with van der Waals surface area (Å²) in [6.07, 6.45) is 4.04. The minimum Gasteiger partial charge on any atom is -0.339 e. The number of ketones is 1. The average molecular weight is 383 g/mol. The van der Waals surface area contributed by atoms with Gasteiger partial charge < -0.3 is 4.90 Å². The molecule has 2 aromatic rings. The van der Waals surface area contributed by atoms with E-state index in [9.17, 15) is 9.59 Å². The van der Waals surface area contributed by atoms with Crippen molar-refractivity contribution < 1.29 is 9.59 Å². The minimum atomic E-state index is -0.394. The van der Waals surface area contributed by atoms with Gasteiger partial charge in [0.05, 0.1) is 5.92 Å². The summed E-state index contributed by atoms with van der Waals surface area (Å²) in [6.45, 7) is 5.77. The van der Waals surface area contributed by atoms with E-state index in [0.717, 1.165) is 59.3 Å². The van der Waals surface area contributed by atoms with Gasteiger partial charge in [-0.15, -0.1) is 0 Å². The highest BCUT2D eigenvalue weighted by Crippen LogP contribution is 2.50. The van der Waals surface area contributed by atoms with E-state index in [1.807, 2.05) is 41.3 Å². The van der Waals surface area contributed by atoms with Crippen LogP contribution in [0.15, 0.2) is 65.8 Å². The van der Waals surface area contributed by atoms with E-state index in [1.165, 1.54) is 0 Å². The molecular weight excluding hydrogens is 358 g/mol. The number of fused-ring (bicyclic) bond motifs is 2. The maximum atomic E-state index is 13.6. The SMILES string of the molecule is Cc1ccc2c(c1)C1=C(C(=O)C(c3ccccc3)C=C1C(=O)N1CCCC1)C2C. The Balaban J connectivity index is 1.69. The van der Waals surface area contributed by atoms with Gasteiger partial charge in [-0.3, -0.25) is 9.59 Å². The predicted octanol–water partition coefficient (Wildman–Crippen LogP) is 4.78. The molecule has 1 heterocycles. The number of Topliss-reactive ketones (excluding diaryl/α,β-unsaturated/α-hetero) is 1. The Hall–Kier alpha value is -2.94. The summed E-state index contributed by atoms with van der Waals surface area (Å²) >= 11 is 0. The second-order valence-corrected chi connectivity index (χ2v) is 8.43. The van der Waals surface area contributed by atoms with Gasteiger partial charge >= 0.3 is 0 Å². The molecule has 0 saturated carbocycles. The number of carbonyl (C=O) groups excluding carboxylic acids is 2. The maximum absolute atomic E-state index is 13.6. The van der Waals surface area contributed by atoms with Gasteiger partial charge in [0.1, 0.15) is 0 Å². The Labute approximate surface area is 171 Å². The van der Waals surface area contributed by atoms with Gasteiger partial charge in [0.2, 0.25) is 0 Å². The molecule has 1 saturated heterocycles. The molecule has 29 heavy (non-hydrogen) atoms. The number of nitrogens with zero attached hydrogens (tertiary/aromatic N) is 1. The number of benzene rings is 2. The van der Waals surface area contributed by atoms with Gasteiger partial charge in [-0.1, -0.05) is 67.1 Å². The highest BCUT2D eigenvalue weighted by Gasteiger charge is 2.42. The molecule has 2 unspecified atom stereocenters. The van der Waals surface area contributed by atoms with Crippen molar-refractivity contribution in [2.75, 3.05) is 13.1 Å². The van der Waals surface area contributed by atoms with Crippen LogP contribution >= 0.6 is 0 Å². The largest absolute Gasteiger partial charge is 0.339 e. The lowest BCUT2D eigenvalue weighted by atomic mass is 9.78. The fourth-order valence-electron chi connectivity index (χ4n) is 5.08. The summed E-state index contributed by atoms with van der Waals surface area (Å²) in [5.74, 6) is -0.181. The van der Waals surface area contributed by atoms with Crippen molar-refractivity contribution in [3.63, 3.8) is 0 Å². The van der Waals surface area contributed by atoms with Gasteiger partial charge in [-0.25, -0.2) is 0 Å². The first kappa shape index (κ1) is 18.1. The molecule has 1 aliphatic heterocycles. The quantitative estimate of drug-likeness (QED) is 0.748. The molecule has 0 bridgehead atoms. The fraction of sp³-hybridized carbons (Fsp3) is 0.308. The van der Waals surface area contributed by atoms with Crippen LogP contribution in [-0.4, -0.2) is 29.7 Å². The van der Waals surface area contributed by atoms with Gasteiger partial charge in [0.25, 0.3) is 5.91 Å². The van der Waals surface area contributed by atoms with Crippen LogP contribution in [0.5, 0.6) is 0 Å². The molecule has 1 amide bonds. The Morgan fingerprint density at radius 3 is 2.48 bits per heavy atom.